The molecule has 0 radical (unpaired) electrons. The number of aromatic nitrogens is 1. The molecule has 63 heavy (non-hydrogen) atoms. The van der Waals surface area contributed by atoms with E-state index in [1.165, 1.54) is 93.9 Å². The Morgan fingerprint density at radius 2 is 0.889 bits per heavy atom. The maximum atomic E-state index is 2.48. The van der Waals surface area contributed by atoms with Crippen LogP contribution in [-0.4, -0.2) is 4.57 Å². The van der Waals surface area contributed by atoms with E-state index in [2.05, 4.69) is 254 Å². The topological polar surface area (TPSA) is 8.17 Å². The van der Waals surface area contributed by atoms with E-state index in [-0.39, 0.29) is 5.41 Å². The monoisotopic (exact) mass is 804 g/mol. The maximum Gasteiger partial charge on any atom is 0.0541 e. The van der Waals surface area contributed by atoms with Gasteiger partial charge in [0, 0.05) is 38.8 Å². The number of hydrogen-bond donors (Lipinski definition) is 0. The van der Waals surface area contributed by atoms with Crippen LogP contribution in [0, 0.1) is 0 Å². The predicted molar refractivity (Wildman–Crippen MR) is 267 cm³/mol. The van der Waals surface area contributed by atoms with Gasteiger partial charge in [-0.1, -0.05) is 190 Å². The van der Waals surface area contributed by atoms with E-state index in [9.17, 15) is 0 Å². The Morgan fingerprint density at radius 3 is 1.67 bits per heavy atom. The average molecular weight is 805 g/mol. The van der Waals surface area contributed by atoms with E-state index in [0.717, 1.165) is 17.1 Å². The average Bonchev–Trinajstić information content (AvgIpc) is 3.79. The molecule has 0 N–H and O–H groups in total. The summed E-state index contributed by atoms with van der Waals surface area (Å²) >= 11 is 0. The van der Waals surface area contributed by atoms with Crippen LogP contribution in [-0.2, 0) is 5.41 Å². The number of hydrogen-bond acceptors (Lipinski definition) is 1. The van der Waals surface area contributed by atoms with Crippen LogP contribution >= 0.6 is 0 Å². The molecule has 10 aromatic carbocycles. The molecule has 0 amide bonds. The third kappa shape index (κ3) is 5.94. The van der Waals surface area contributed by atoms with Crippen molar-refractivity contribution < 1.29 is 0 Å². The molecular formula is C61H44N2. The molecule has 1 heterocycles. The molecule has 0 unspecified atom stereocenters. The molecular weight excluding hydrogens is 761 g/mol. The van der Waals surface area contributed by atoms with Crippen molar-refractivity contribution in [2.45, 2.75) is 19.3 Å². The molecule has 0 atom stereocenters. The van der Waals surface area contributed by atoms with Gasteiger partial charge in [0.05, 0.1) is 16.7 Å². The summed E-state index contributed by atoms with van der Waals surface area (Å²) in [4.78, 5) is 2.48. The summed E-state index contributed by atoms with van der Waals surface area (Å²) in [7, 11) is 0. The summed E-state index contributed by atoms with van der Waals surface area (Å²) in [5.74, 6) is 0. The van der Waals surface area contributed by atoms with Crippen LogP contribution in [0.2, 0.25) is 0 Å². The van der Waals surface area contributed by atoms with Gasteiger partial charge >= 0.3 is 0 Å². The molecule has 0 spiro atoms. The van der Waals surface area contributed by atoms with Crippen molar-refractivity contribution in [3.63, 3.8) is 0 Å². The van der Waals surface area contributed by atoms with Crippen molar-refractivity contribution in [2.75, 3.05) is 4.90 Å². The number of para-hydroxylation sites is 3. The summed E-state index contributed by atoms with van der Waals surface area (Å²) in [5, 5.41) is 5.04. The summed E-state index contributed by atoms with van der Waals surface area (Å²) in [6, 6.07) is 84.7. The number of anilines is 3. The summed E-state index contributed by atoms with van der Waals surface area (Å²) < 4.78 is 2.43. The maximum absolute atomic E-state index is 2.48. The van der Waals surface area contributed by atoms with Crippen molar-refractivity contribution in [1.29, 1.82) is 0 Å². The second-order valence-electron chi connectivity index (χ2n) is 17.3. The van der Waals surface area contributed by atoms with Crippen LogP contribution < -0.4 is 4.90 Å². The van der Waals surface area contributed by atoms with Crippen molar-refractivity contribution in [2.24, 2.45) is 0 Å². The van der Waals surface area contributed by atoms with E-state index in [0.29, 0.717) is 0 Å². The Balaban J connectivity index is 1.04. The van der Waals surface area contributed by atoms with Crippen LogP contribution in [0.4, 0.5) is 17.1 Å². The van der Waals surface area contributed by atoms with Gasteiger partial charge < -0.3 is 9.47 Å². The first-order chi connectivity index (χ1) is 31.0. The fourth-order valence-corrected chi connectivity index (χ4v) is 10.4. The van der Waals surface area contributed by atoms with Gasteiger partial charge in [-0.15, -0.1) is 0 Å². The molecule has 0 fully saturated rings. The van der Waals surface area contributed by atoms with Crippen molar-refractivity contribution in [1.82, 2.24) is 4.57 Å². The van der Waals surface area contributed by atoms with Crippen molar-refractivity contribution in [3.05, 3.63) is 242 Å². The van der Waals surface area contributed by atoms with Crippen LogP contribution in [0.15, 0.2) is 231 Å². The molecule has 1 aliphatic rings. The standard InChI is InChI=1S/C61H44N2/c1-61(2)56-39-45(34-36-51(56)52-37-35-46(40-57(52)61)63-59-32-14-11-28-54(59)55-29-12-15-33-60(55)63)62(44-23-16-22-43(38-44)49-30-17-21-42-20-6-7-24-47(42)49)58-31-13-10-27-53(58)50-26-9-8-25-48(50)41-18-4-3-5-19-41/h3-40H,1-2H3. The second-order valence-corrected chi connectivity index (χ2v) is 17.3. The fraction of sp³-hybridized carbons (Fsp3) is 0.0492. The van der Waals surface area contributed by atoms with E-state index in [1.54, 1.807) is 0 Å². The molecule has 2 heteroatoms. The zero-order valence-electron chi connectivity index (χ0n) is 35.3. The number of fused-ring (bicyclic) bond motifs is 7. The fourth-order valence-electron chi connectivity index (χ4n) is 10.4. The third-order valence-electron chi connectivity index (χ3n) is 13.4. The van der Waals surface area contributed by atoms with Gasteiger partial charge in [0.25, 0.3) is 0 Å². The molecule has 0 bridgehead atoms. The minimum atomic E-state index is -0.259. The third-order valence-corrected chi connectivity index (χ3v) is 13.4. The zero-order valence-corrected chi connectivity index (χ0v) is 35.3. The molecule has 0 saturated heterocycles. The first kappa shape index (κ1) is 36.9. The first-order valence-electron chi connectivity index (χ1n) is 21.9. The highest BCUT2D eigenvalue weighted by molar-refractivity contribution is 6.09. The molecule has 11 aromatic rings. The molecule has 0 saturated carbocycles. The van der Waals surface area contributed by atoms with E-state index < -0.39 is 0 Å². The van der Waals surface area contributed by atoms with Gasteiger partial charge in [0.15, 0.2) is 0 Å². The Kier molecular flexibility index (Phi) is 8.55. The SMILES string of the molecule is CC1(C)c2cc(N(c3cccc(-c4cccc5ccccc45)c3)c3ccccc3-c3ccccc3-c3ccccc3)ccc2-c2ccc(-n3c4ccccc4c4ccccc43)cc21. The number of rotatable bonds is 7. The Labute approximate surface area is 368 Å². The van der Waals surface area contributed by atoms with E-state index >= 15 is 0 Å². The van der Waals surface area contributed by atoms with Gasteiger partial charge in [0.2, 0.25) is 0 Å². The zero-order chi connectivity index (χ0) is 42.1. The number of nitrogens with zero attached hydrogens (tertiary/aromatic N) is 2. The molecule has 1 aliphatic carbocycles. The van der Waals surface area contributed by atoms with Gasteiger partial charge in [-0.05, 0) is 115 Å². The van der Waals surface area contributed by atoms with E-state index in [4.69, 9.17) is 0 Å². The van der Waals surface area contributed by atoms with Gasteiger partial charge in [-0.2, -0.15) is 0 Å². The summed E-state index contributed by atoms with van der Waals surface area (Å²) in [6.45, 7) is 4.79. The minimum absolute atomic E-state index is 0.259. The van der Waals surface area contributed by atoms with E-state index in [1.807, 2.05) is 0 Å². The normalized spacial score (nSPS) is 12.7. The lowest BCUT2D eigenvalue weighted by Gasteiger charge is -2.30. The minimum Gasteiger partial charge on any atom is -0.310 e. The Bertz CT molecular complexity index is 3490. The second kappa shape index (κ2) is 14.6. The molecule has 1 aromatic heterocycles. The van der Waals surface area contributed by atoms with Crippen LogP contribution in [0.25, 0.3) is 82.8 Å². The summed E-state index contributed by atoms with van der Waals surface area (Å²) in [6.07, 6.45) is 0. The van der Waals surface area contributed by atoms with Crippen LogP contribution in [0.1, 0.15) is 25.0 Å². The van der Waals surface area contributed by atoms with Gasteiger partial charge in [0.1, 0.15) is 0 Å². The quantitative estimate of drug-likeness (QED) is 0.156. The predicted octanol–water partition coefficient (Wildman–Crippen LogP) is 16.7. The lowest BCUT2D eigenvalue weighted by molar-refractivity contribution is 0.660. The number of benzene rings is 10. The highest BCUT2D eigenvalue weighted by Crippen LogP contribution is 2.53. The van der Waals surface area contributed by atoms with Gasteiger partial charge in [-0.3, -0.25) is 0 Å². The van der Waals surface area contributed by atoms with Crippen LogP contribution in [0.5, 0.6) is 0 Å². The lowest BCUT2D eigenvalue weighted by Crippen LogP contribution is -2.17. The van der Waals surface area contributed by atoms with Crippen molar-refractivity contribution >= 4 is 49.6 Å². The Morgan fingerprint density at radius 1 is 0.349 bits per heavy atom. The highest BCUT2D eigenvalue weighted by atomic mass is 15.1. The van der Waals surface area contributed by atoms with Crippen molar-refractivity contribution in [3.8, 4) is 50.2 Å². The van der Waals surface area contributed by atoms with Crippen LogP contribution in [0.3, 0.4) is 0 Å². The molecule has 298 valence electrons. The molecule has 12 rings (SSSR count). The smallest absolute Gasteiger partial charge is 0.0541 e. The Hall–Kier alpha value is -7.94. The summed E-state index contributed by atoms with van der Waals surface area (Å²) in [5.41, 5.74) is 19.2. The lowest BCUT2D eigenvalue weighted by atomic mass is 9.82. The first-order valence-corrected chi connectivity index (χ1v) is 21.9. The molecule has 2 nitrogen and oxygen atoms in total. The highest BCUT2D eigenvalue weighted by Gasteiger charge is 2.37. The molecule has 0 aliphatic heterocycles. The van der Waals surface area contributed by atoms with Gasteiger partial charge in [-0.25, -0.2) is 0 Å². The largest absolute Gasteiger partial charge is 0.310 e.